The minimum Gasteiger partial charge on any atom is -0.355 e. The number of aromatic nitrogens is 1. The number of rotatable bonds is 3. The van der Waals surface area contributed by atoms with Crippen LogP contribution >= 0.6 is 34.8 Å². The number of carbonyl (C=O) groups excluding carboxylic acids is 1. The van der Waals surface area contributed by atoms with Crippen LogP contribution in [0, 0.1) is 0 Å². The molecule has 0 radical (unpaired) electrons. The third-order valence-corrected chi connectivity index (χ3v) is 4.09. The van der Waals surface area contributed by atoms with Gasteiger partial charge in [-0.25, -0.2) is 0 Å². The second-order valence-electron chi connectivity index (χ2n) is 4.64. The standard InChI is InChI=1S/C16H9Cl3N2O2/c17-10-6-12(19)13(7-11(10)18)20-16(22)14-8-15(23-21-14)9-4-2-1-3-5-9/h1-8H,(H,20,22). The summed E-state index contributed by atoms with van der Waals surface area (Å²) in [5, 5.41) is 7.27. The van der Waals surface area contributed by atoms with Gasteiger partial charge >= 0.3 is 0 Å². The van der Waals surface area contributed by atoms with E-state index in [1.54, 1.807) is 6.07 Å². The summed E-state index contributed by atoms with van der Waals surface area (Å²) in [6, 6.07) is 13.8. The number of anilines is 1. The van der Waals surface area contributed by atoms with Crippen LogP contribution in [0.25, 0.3) is 11.3 Å². The molecule has 1 aromatic heterocycles. The van der Waals surface area contributed by atoms with Gasteiger partial charge in [0, 0.05) is 11.6 Å². The van der Waals surface area contributed by atoms with Crippen LogP contribution in [-0.2, 0) is 0 Å². The quantitative estimate of drug-likeness (QED) is 0.617. The van der Waals surface area contributed by atoms with Crippen LogP contribution in [0.4, 0.5) is 5.69 Å². The Kier molecular flexibility index (Phi) is 4.57. The van der Waals surface area contributed by atoms with Crippen molar-refractivity contribution in [1.82, 2.24) is 5.16 Å². The predicted octanol–water partition coefficient (Wildman–Crippen LogP) is 5.55. The molecular formula is C16H9Cl3N2O2. The third kappa shape index (κ3) is 3.50. The van der Waals surface area contributed by atoms with E-state index in [2.05, 4.69) is 10.5 Å². The smallest absolute Gasteiger partial charge is 0.277 e. The van der Waals surface area contributed by atoms with E-state index in [1.165, 1.54) is 12.1 Å². The van der Waals surface area contributed by atoms with E-state index in [1.807, 2.05) is 30.3 Å². The molecule has 7 heteroatoms. The molecule has 0 atom stereocenters. The molecular weight excluding hydrogens is 359 g/mol. The van der Waals surface area contributed by atoms with Gasteiger partial charge in [0.25, 0.3) is 5.91 Å². The van der Waals surface area contributed by atoms with Gasteiger partial charge < -0.3 is 9.84 Å². The average Bonchev–Trinajstić information content (AvgIpc) is 3.03. The highest BCUT2D eigenvalue weighted by molar-refractivity contribution is 6.44. The van der Waals surface area contributed by atoms with Crippen molar-refractivity contribution in [3.8, 4) is 11.3 Å². The first-order valence-electron chi connectivity index (χ1n) is 6.52. The monoisotopic (exact) mass is 366 g/mol. The van der Waals surface area contributed by atoms with E-state index >= 15 is 0 Å². The summed E-state index contributed by atoms with van der Waals surface area (Å²) in [5.41, 5.74) is 1.30. The lowest BCUT2D eigenvalue weighted by Crippen LogP contribution is -2.12. The zero-order chi connectivity index (χ0) is 16.4. The fourth-order valence-electron chi connectivity index (χ4n) is 1.93. The van der Waals surface area contributed by atoms with E-state index in [9.17, 15) is 4.79 Å². The second kappa shape index (κ2) is 6.62. The second-order valence-corrected chi connectivity index (χ2v) is 5.86. The Bertz CT molecular complexity index is 863. The highest BCUT2D eigenvalue weighted by Gasteiger charge is 2.16. The summed E-state index contributed by atoms with van der Waals surface area (Å²) in [7, 11) is 0. The highest BCUT2D eigenvalue weighted by atomic mass is 35.5. The van der Waals surface area contributed by atoms with Gasteiger partial charge in [0.15, 0.2) is 11.5 Å². The van der Waals surface area contributed by atoms with Crippen LogP contribution in [-0.4, -0.2) is 11.1 Å². The van der Waals surface area contributed by atoms with Gasteiger partial charge in [-0.2, -0.15) is 0 Å². The Morgan fingerprint density at radius 3 is 2.39 bits per heavy atom. The van der Waals surface area contributed by atoms with Crippen molar-refractivity contribution in [3.63, 3.8) is 0 Å². The summed E-state index contributed by atoms with van der Waals surface area (Å²) in [4.78, 5) is 12.2. The molecule has 0 aliphatic rings. The Hall–Kier alpha value is -2.01. The first kappa shape index (κ1) is 15.9. The number of amides is 1. The van der Waals surface area contributed by atoms with Crippen LogP contribution < -0.4 is 5.32 Å². The van der Waals surface area contributed by atoms with Crippen LogP contribution in [0.2, 0.25) is 15.1 Å². The Balaban J connectivity index is 1.82. The zero-order valence-corrected chi connectivity index (χ0v) is 13.8. The first-order valence-corrected chi connectivity index (χ1v) is 7.66. The molecule has 1 amide bonds. The summed E-state index contributed by atoms with van der Waals surface area (Å²) >= 11 is 17.8. The lowest BCUT2D eigenvalue weighted by atomic mass is 10.1. The summed E-state index contributed by atoms with van der Waals surface area (Å²) < 4.78 is 5.19. The van der Waals surface area contributed by atoms with Gasteiger partial charge in [-0.3, -0.25) is 4.79 Å². The van der Waals surface area contributed by atoms with Crippen molar-refractivity contribution in [3.05, 3.63) is 69.3 Å². The van der Waals surface area contributed by atoms with E-state index in [4.69, 9.17) is 39.3 Å². The largest absolute Gasteiger partial charge is 0.355 e. The fourth-order valence-corrected chi connectivity index (χ4v) is 2.52. The Labute approximate surface area is 146 Å². The normalized spacial score (nSPS) is 10.6. The SMILES string of the molecule is O=C(Nc1cc(Cl)c(Cl)cc1Cl)c1cc(-c2ccccc2)on1. The molecule has 3 rings (SSSR count). The van der Waals surface area contributed by atoms with Crippen LogP contribution in [0.1, 0.15) is 10.5 Å². The maximum Gasteiger partial charge on any atom is 0.277 e. The summed E-state index contributed by atoms with van der Waals surface area (Å²) in [6.45, 7) is 0. The lowest BCUT2D eigenvalue weighted by Gasteiger charge is -2.07. The predicted molar refractivity (Wildman–Crippen MR) is 91.4 cm³/mol. The molecule has 0 spiro atoms. The molecule has 1 heterocycles. The minimum atomic E-state index is -0.462. The van der Waals surface area contributed by atoms with Gasteiger partial charge in [0.05, 0.1) is 20.8 Å². The molecule has 0 aliphatic heterocycles. The molecule has 0 bridgehead atoms. The lowest BCUT2D eigenvalue weighted by molar-refractivity contribution is 0.101. The Morgan fingerprint density at radius 2 is 1.65 bits per heavy atom. The summed E-state index contributed by atoms with van der Waals surface area (Å²) in [5.74, 6) is 0.0344. The molecule has 0 saturated carbocycles. The molecule has 2 aromatic carbocycles. The van der Waals surface area contributed by atoms with Crippen molar-refractivity contribution < 1.29 is 9.32 Å². The number of hydrogen-bond donors (Lipinski definition) is 1. The van der Waals surface area contributed by atoms with Crippen molar-refractivity contribution in [1.29, 1.82) is 0 Å². The van der Waals surface area contributed by atoms with Crippen LogP contribution in [0.3, 0.4) is 0 Å². The highest BCUT2D eigenvalue weighted by Crippen LogP contribution is 2.32. The topological polar surface area (TPSA) is 55.1 Å². The van der Waals surface area contributed by atoms with Gasteiger partial charge in [0.2, 0.25) is 0 Å². The van der Waals surface area contributed by atoms with E-state index in [0.29, 0.717) is 16.5 Å². The summed E-state index contributed by atoms with van der Waals surface area (Å²) in [6.07, 6.45) is 0. The fraction of sp³-hybridized carbons (Fsp3) is 0. The molecule has 4 nitrogen and oxygen atoms in total. The molecule has 0 saturated heterocycles. The van der Waals surface area contributed by atoms with Gasteiger partial charge in [0.1, 0.15) is 0 Å². The maximum atomic E-state index is 12.2. The average molecular weight is 368 g/mol. The number of halogens is 3. The van der Waals surface area contributed by atoms with Gasteiger partial charge in [-0.1, -0.05) is 70.3 Å². The van der Waals surface area contributed by atoms with E-state index in [0.717, 1.165) is 5.56 Å². The molecule has 0 unspecified atom stereocenters. The van der Waals surface area contributed by atoms with E-state index < -0.39 is 5.91 Å². The molecule has 23 heavy (non-hydrogen) atoms. The maximum absolute atomic E-state index is 12.2. The Morgan fingerprint density at radius 1 is 0.957 bits per heavy atom. The number of benzene rings is 2. The molecule has 3 aromatic rings. The molecule has 0 fully saturated rings. The molecule has 1 N–H and O–H groups in total. The van der Waals surface area contributed by atoms with Crippen molar-refractivity contribution in [2.75, 3.05) is 5.32 Å². The van der Waals surface area contributed by atoms with Crippen LogP contribution in [0.5, 0.6) is 0 Å². The number of hydrogen-bond acceptors (Lipinski definition) is 3. The molecule has 116 valence electrons. The minimum absolute atomic E-state index is 0.131. The van der Waals surface area contributed by atoms with Gasteiger partial charge in [-0.05, 0) is 12.1 Å². The first-order chi connectivity index (χ1) is 11.0. The molecule has 0 aliphatic carbocycles. The van der Waals surface area contributed by atoms with Crippen molar-refractivity contribution in [2.45, 2.75) is 0 Å². The van der Waals surface area contributed by atoms with E-state index in [-0.39, 0.29) is 15.7 Å². The van der Waals surface area contributed by atoms with Crippen LogP contribution in [0.15, 0.2) is 53.1 Å². The zero-order valence-electron chi connectivity index (χ0n) is 11.5. The van der Waals surface area contributed by atoms with Gasteiger partial charge in [-0.15, -0.1) is 0 Å². The number of nitrogens with zero attached hydrogens (tertiary/aromatic N) is 1. The third-order valence-electron chi connectivity index (χ3n) is 3.06. The van der Waals surface area contributed by atoms with Crippen molar-refractivity contribution in [2.24, 2.45) is 0 Å². The van der Waals surface area contributed by atoms with Crippen molar-refractivity contribution >= 4 is 46.4 Å². The number of nitrogens with one attached hydrogen (secondary N) is 1. The number of carbonyl (C=O) groups is 1.